The molecule has 1 aliphatic carbocycles. The molecule has 7 heteroatoms. The van der Waals surface area contributed by atoms with Crippen LogP contribution < -0.4 is 0 Å². The average Bonchev–Trinajstić information content (AvgIpc) is 2.42. The Morgan fingerprint density at radius 3 is 2.36 bits per heavy atom. The van der Waals surface area contributed by atoms with E-state index in [0.29, 0.717) is 0 Å². The van der Waals surface area contributed by atoms with E-state index in [2.05, 4.69) is 9.26 Å². The summed E-state index contributed by atoms with van der Waals surface area (Å²) in [6.45, 7) is 0. The number of phosphoric ester groups is 1. The van der Waals surface area contributed by atoms with Crippen LogP contribution in [0.1, 0.15) is 12.8 Å². The Balaban J connectivity index is 2.25. The van der Waals surface area contributed by atoms with Crippen molar-refractivity contribution in [2.24, 2.45) is 0 Å². The highest BCUT2D eigenvalue weighted by Gasteiger charge is 2.30. The predicted molar refractivity (Wildman–Crippen MR) is 32.6 cm³/mol. The monoisotopic (exact) mass is 182 g/mol. The number of phosphoric acid groups is 1. The van der Waals surface area contributed by atoms with Crippen molar-refractivity contribution in [1.82, 2.24) is 0 Å². The van der Waals surface area contributed by atoms with Gasteiger partial charge in [-0.15, -0.1) is 0 Å². The minimum atomic E-state index is -4.72. The third-order valence-corrected chi connectivity index (χ3v) is 1.37. The lowest BCUT2D eigenvalue weighted by Crippen LogP contribution is -2.06. The van der Waals surface area contributed by atoms with Crippen LogP contribution in [0.4, 0.5) is 4.79 Å². The molecule has 0 aliphatic heterocycles. The summed E-state index contributed by atoms with van der Waals surface area (Å²) in [5, 5.41) is 0. The Morgan fingerprint density at radius 1 is 1.45 bits per heavy atom. The van der Waals surface area contributed by atoms with Gasteiger partial charge in [0.15, 0.2) is 0 Å². The summed E-state index contributed by atoms with van der Waals surface area (Å²) in [4.78, 5) is 26.6. The van der Waals surface area contributed by atoms with E-state index >= 15 is 0 Å². The fraction of sp³-hybridized carbons (Fsp3) is 0.750. The highest BCUT2D eigenvalue weighted by molar-refractivity contribution is 7.46. The molecular formula is C4H7O6P. The van der Waals surface area contributed by atoms with Gasteiger partial charge in [-0.3, -0.25) is 9.79 Å². The number of hydrogen-bond donors (Lipinski definition) is 2. The van der Waals surface area contributed by atoms with E-state index in [-0.39, 0.29) is 6.10 Å². The topological polar surface area (TPSA) is 93.1 Å². The van der Waals surface area contributed by atoms with Crippen molar-refractivity contribution in [3.8, 4) is 0 Å². The molecule has 11 heavy (non-hydrogen) atoms. The van der Waals surface area contributed by atoms with Crippen molar-refractivity contribution >= 4 is 14.0 Å². The number of rotatable bonds is 2. The van der Waals surface area contributed by atoms with Gasteiger partial charge < -0.3 is 9.26 Å². The molecule has 0 aromatic heterocycles. The molecule has 0 unspecified atom stereocenters. The van der Waals surface area contributed by atoms with Gasteiger partial charge in [-0.25, -0.2) is 9.36 Å². The molecule has 64 valence electrons. The summed E-state index contributed by atoms with van der Waals surface area (Å²) in [5.74, 6) is 0. The van der Waals surface area contributed by atoms with E-state index in [1.807, 2.05) is 0 Å². The molecule has 0 radical (unpaired) electrons. The van der Waals surface area contributed by atoms with Crippen LogP contribution in [0.25, 0.3) is 0 Å². The number of hydrogen-bond acceptors (Lipinski definition) is 4. The number of carbonyl (C=O) groups is 1. The average molecular weight is 182 g/mol. The Hall–Kier alpha value is -0.580. The van der Waals surface area contributed by atoms with E-state index in [0.717, 1.165) is 12.8 Å². The fourth-order valence-electron chi connectivity index (χ4n) is 0.441. The molecule has 0 atom stereocenters. The zero-order chi connectivity index (χ0) is 8.48. The number of ether oxygens (including phenoxy) is 1. The molecule has 1 rings (SSSR count). The minimum Gasteiger partial charge on any atom is -0.431 e. The molecule has 0 aromatic carbocycles. The molecule has 0 amide bonds. The van der Waals surface area contributed by atoms with Crippen LogP contribution in [0, 0.1) is 0 Å². The molecular weight excluding hydrogens is 175 g/mol. The van der Waals surface area contributed by atoms with Gasteiger partial charge in [-0.1, -0.05) is 0 Å². The zero-order valence-corrected chi connectivity index (χ0v) is 6.36. The third-order valence-electron chi connectivity index (χ3n) is 0.981. The van der Waals surface area contributed by atoms with Crippen molar-refractivity contribution in [3.63, 3.8) is 0 Å². The first-order valence-electron chi connectivity index (χ1n) is 2.93. The SMILES string of the molecule is O=C(OC1CC1)OP(=O)(O)O. The molecule has 1 fully saturated rings. The zero-order valence-electron chi connectivity index (χ0n) is 5.47. The van der Waals surface area contributed by atoms with Crippen molar-refractivity contribution in [1.29, 1.82) is 0 Å². The first-order chi connectivity index (χ1) is 4.97. The van der Waals surface area contributed by atoms with Crippen molar-refractivity contribution in [2.45, 2.75) is 18.9 Å². The normalized spacial score (nSPS) is 17.6. The van der Waals surface area contributed by atoms with Crippen LogP contribution in [-0.2, 0) is 13.8 Å². The van der Waals surface area contributed by atoms with Gasteiger partial charge in [0.1, 0.15) is 6.10 Å². The second-order valence-electron chi connectivity index (χ2n) is 2.15. The van der Waals surface area contributed by atoms with Crippen LogP contribution in [0.5, 0.6) is 0 Å². The molecule has 6 nitrogen and oxygen atoms in total. The number of carbonyl (C=O) groups excluding carboxylic acids is 1. The highest BCUT2D eigenvalue weighted by Crippen LogP contribution is 2.37. The Bertz CT molecular complexity index is 203. The first-order valence-corrected chi connectivity index (χ1v) is 4.46. The summed E-state index contributed by atoms with van der Waals surface area (Å²) < 4.78 is 18.0. The fourth-order valence-corrected chi connectivity index (χ4v) is 0.678. The van der Waals surface area contributed by atoms with Crippen LogP contribution >= 0.6 is 7.82 Å². The quantitative estimate of drug-likeness (QED) is 0.474. The maximum Gasteiger partial charge on any atom is 0.529 e. The van der Waals surface area contributed by atoms with Crippen LogP contribution in [0.2, 0.25) is 0 Å². The highest BCUT2D eigenvalue weighted by atomic mass is 31.2. The van der Waals surface area contributed by atoms with E-state index < -0.39 is 14.0 Å². The standard InChI is InChI=1S/C4H7O6P/c5-4(9-3-1-2-3)10-11(6,7)8/h3H,1-2H2,(H2,6,7,8). The van der Waals surface area contributed by atoms with E-state index in [1.165, 1.54) is 0 Å². The molecule has 0 bridgehead atoms. The lowest BCUT2D eigenvalue weighted by atomic mass is 10.8. The van der Waals surface area contributed by atoms with Crippen molar-refractivity contribution in [2.75, 3.05) is 0 Å². The summed E-state index contributed by atoms with van der Waals surface area (Å²) in [6.07, 6.45) is -0.0538. The second kappa shape index (κ2) is 2.81. The van der Waals surface area contributed by atoms with Crippen LogP contribution in [0.15, 0.2) is 0 Å². The summed E-state index contributed by atoms with van der Waals surface area (Å²) >= 11 is 0. The molecule has 1 aliphatic rings. The summed E-state index contributed by atoms with van der Waals surface area (Å²) in [7, 11) is -4.72. The van der Waals surface area contributed by atoms with E-state index in [1.54, 1.807) is 0 Å². The minimum absolute atomic E-state index is 0.214. The van der Waals surface area contributed by atoms with E-state index in [9.17, 15) is 9.36 Å². The van der Waals surface area contributed by atoms with Crippen LogP contribution in [0.3, 0.4) is 0 Å². The smallest absolute Gasteiger partial charge is 0.431 e. The Kier molecular flexibility index (Phi) is 2.17. The van der Waals surface area contributed by atoms with E-state index in [4.69, 9.17) is 9.79 Å². The van der Waals surface area contributed by atoms with Crippen molar-refractivity contribution in [3.05, 3.63) is 0 Å². The van der Waals surface area contributed by atoms with Crippen molar-refractivity contribution < 1.29 is 28.4 Å². The molecule has 0 spiro atoms. The maximum absolute atomic E-state index is 10.4. The van der Waals surface area contributed by atoms with Gasteiger partial charge >= 0.3 is 14.0 Å². The summed E-state index contributed by atoms with van der Waals surface area (Å²) in [6, 6.07) is 0. The van der Waals surface area contributed by atoms with Gasteiger partial charge in [0, 0.05) is 0 Å². The molecule has 0 saturated heterocycles. The largest absolute Gasteiger partial charge is 0.529 e. The van der Waals surface area contributed by atoms with Crippen LogP contribution in [-0.4, -0.2) is 22.0 Å². The second-order valence-corrected chi connectivity index (χ2v) is 3.31. The van der Waals surface area contributed by atoms with Gasteiger partial charge in [-0.2, -0.15) is 0 Å². The van der Waals surface area contributed by atoms with Gasteiger partial charge in [0.25, 0.3) is 0 Å². The van der Waals surface area contributed by atoms with Gasteiger partial charge in [-0.05, 0) is 12.8 Å². The van der Waals surface area contributed by atoms with Gasteiger partial charge in [0.2, 0.25) is 0 Å². The first kappa shape index (κ1) is 8.52. The third kappa shape index (κ3) is 3.98. The maximum atomic E-state index is 10.4. The molecule has 2 N–H and O–H groups in total. The molecule has 0 aromatic rings. The Morgan fingerprint density at radius 2 is 2.00 bits per heavy atom. The molecule has 1 saturated carbocycles. The summed E-state index contributed by atoms with van der Waals surface area (Å²) in [5.41, 5.74) is 0. The predicted octanol–water partition coefficient (Wildman–Crippen LogP) is 0.395. The lowest BCUT2D eigenvalue weighted by molar-refractivity contribution is 0.0803. The molecule has 0 heterocycles. The van der Waals surface area contributed by atoms with Gasteiger partial charge in [0.05, 0.1) is 0 Å². The Labute approximate surface area is 62.4 Å². The lowest BCUT2D eigenvalue weighted by Gasteiger charge is -2.04.